The van der Waals surface area contributed by atoms with E-state index in [1.165, 1.54) is 5.57 Å². The topological polar surface area (TPSA) is 52.7 Å². The Labute approximate surface area is 140 Å². The fourth-order valence-corrected chi connectivity index (χ4v) is 3.49. The van der Waals surface area contributed by atoms with Crippen molar-refractivity contribution in [2.45, 2.75) is 52.5 Å². The van der Waals surface area contributed by atoms with Crippen molar-refractivity contribution in [2.24, 2.45) is 5.92 Å². The zero-order valence-corrected chi connectivity index (χ0v) is 14.8. The maximum Gasteiger partial charge on any atom is 0.223 e. The molecule has 1 N–H and O–H groups in total. The summed E-state index contributed by atoms with van der Waals surface area (Å²) in [6.07, 6.45) is 5.96. The summed E-state index contributed by atoms with van der Waals surface area (Å²) in [5.74, 6) is 0.332. The molecule has 130 valence electrons. The van der Waals surface area contributed by atoms with Crippen molar-refractivity contribution in [3.8, 4) is 0 Å². The van der Waals surface area contributed by atoms with Crippen LogP contribution in [0.5, 0.6) is 0 Å². The molecule has 0 aromatic carbocycles. The molecule has 0 aromatic heterocycles. The van der Waals surface area contributed by atoms with Gasteiger partial charge in [-0.05, 0) is 39.2 Å². The number of carbonyl (C=O) groups excluding carboxylic acids is 2. The Bertz CT molecular complexity index is 453. The number of nitrogens with zero attached hydrogens (tertiary/aromatic N) is 2. The third kappa shape index (κ3) is 5.34. The maximum absolute atomic E-state index is 12.4. The minimum atomic E-state index is 0.0592. The maximum atomic E-state index is 12.4. The Kier molecular flexibility index (Phi) is 6.63. The minimum absolute atomic E-state index is 0.0592. The lowest BCUT2D eigenvalue weighted by Crippen LogP contribution is -2.44. The molecule has 5 nitrogen and oxygen atoms in total. The van der Waals surface area contributed by atoms with E-state index in [4.69, 9.17) is 0 Å². The van der Waals surface area contributed by atoms with Gasteiger partial charge in [0.2, 0.25) is 11.8 Å². The number of rotatable bonds is 5. The number of likely N-dealkylation sites (tertiary alicyclic amines) is 1. The average Bonchev–Trinajstić information content (AvgIpc) is 2.55. The zero-order chi connectivity index (χ0) is 16.8. The van der Waals surface area contributed by atoms with Crippen molar-refractivity contribution in [3.63, 3.8) is 0 Å². The highest BCUT2D eigenvalue weighted by Gasteiger charge is 2.26. The van der Waals surface area contributed by atoms with Crippen LogP contribution in [-0.4, -0.2) is 60.4 Å². The summed E-state index contributed by atoms with van der Waals surface area (Å²) < 4.78 is 0. The van der Waals surface area contributed by atoms with E-state index < -0.39 is 0 Å². The fourth-order valence-electron chi connectivity index (χ4n) is 3.49. The van der Waals surface area contributed by atoms with E-state index in [1.807, 2.05) is 4.90 Å². The van der Waals surface area contributed by atoms with E-state index in [2.05, 4.69) is 30.1 Å². The normalized spacial score (nSPS) is 21.7. The lowest BCUT2D eigenvalue weighted by atomic mass is 9.94. The fraction of sp³-hybridized carbons (Fsp3) is 0.778. The first-order chi connectivity index (χ1) is 11.0. The van der Waals surface area contributed by atoms with Crippen LogP contribution >= 0.6 is 0 Å². The van der Waals surface area contributed by atoms with E-state index in [0.29, 0.717) is 13.1 Å². The molecule has 2 amide bonds. The summed E-state index contributed by atoms with van der Waals surface area (Å²) >= 11 is 0. The Morgan fingerprint density at radius 3 is 2.52 bits per heavy atom. The number of likely N-dealkylation sites (N-methyl/N-ethyl adjacent to an activating group) is 1. The quantitative estimate of drug-likeness (QED) is 0.786. The van der Waals surface area contributed by atoms with Crippen molar-refractivity contribution in [1.82, 2.24) is 15.1 Å². The second kappa shape index (κ2) is 8.48. The first-order valence-corrected chi connectivity index (χ1v) is 8.95. The van der Waals surface area contributed by atoms with Gasteiger partial charge < -0.3 is 10.2 Å². The summed E-state index contributed by atoms with van der Waals surface area (Å²) in [7, 11) is 0. The molecule has 1 atom stereocenters. The van der Waals surface area contributed by atoms with Crippen molar-refractivity contribution < 1.29 is 9.59 Å². The van der Waals surface area contributed by atoms with E-state index in [-0.39, 0.29) is 23.8 Å². The predicted molar refractivity (Wildman–Crippen MR) is 92.0 cm³/mol. The molecular weight excluding hydrogens is 290 g/mol. The van der Waals surface area contributed by atoms with Gasteiger partial charge in [0.25, 0.3) is 0 Å². The summed E-state index contributed by atoms with van der Waals surface area (Å²) in [4.78, 5) is 28.0. The molecule has 0 spiro atoms. The van der Waals surface area contributed by atoms with Crippen LogP contribution in [0, 0.1) is 5.92 Å². The SMILES string of the molecule is CCN1CC=C(CC(C)NC(=O)C2CCN(C(C)=O)CC2)CC1. The highest BCUT2D eigenvalue weighted by Crippen LogP contribution is 2.19. The van der Waals surface area contributed by atoms with E-state index in [1.54, 1.807) is 6.92 Å². The molecule has 0 aliphatic carbocycles. The van der Waals surface area contributed by atoms with Gasteiger partial charge in [-0.15, -0.1) is 0 Å². The molecule has 0 radical (unpaired) electrons. The van der Waals surface area contributed by atoms with Gasteiger partial charge in [0.05, 0.1) is 0 Å². The number of carbonyl (C=O) groups is 2. The third-order valence-corrected chi connectivity index (χ3v) is 5.10. The smallest absolute Gasteiger partial charge is 0.223 e. The van der Waals surface area contributed by atoms with Crippen molar-refractivity contribution >= 4 is 11.8 Å². The number of amides is 2. The van der Waals surface area contributed by atoms with Crippen LogP contribution in [0.3, 0.4) is 0 Å². The number of hydrogen-bond donors (Lipinski definition) is 1. The van der Waals surface area contributed by atoms with E-state index >= 15 is 0 Å². The van der Waals surface area contributed by atoms with Crippen molar-refractivity contribution in [3.05, 3.63) is 11.6 Å². The molecule has 0 saturated carbocycles. The van der Waals surface area contributed by atoms with Crippen molar-refractivity contribution in [1.29, 1.82) is 0 Å². The van der Waals surface area contributed by atoms with Crippen LogP contribution in [0.2, 0.25) is 0 Å². The van der Waals surface area contributed by atoms with Crippen LogP contribution in [0.4, 0.5) is 0 Å². The second-order valence-electron chi connectivity index (χ2n) is 6.90. The Balaban J connectivity index is 1.73. The highest BCUT2D eigenvalue weighted by atomic mass is 16.2. The molecule has 1 unspecified atom stereocenters. The Morgan fingerprint density at radius 2 is 2.00 bits per heavy atom. The minimum Gasteiger partial charge on any atom is -0.353 e. The third-order valence-electron chi connectivity index (χ3n) is 5.10. The summed E-state index contributed by atoms with van der Waals surface area (Å²) in [5.41, 5.74) is 1.47. The highest BCUT2D eigenvalue weighted by molar-refractivity contribution is 5.79. The van der Waals surface area contributed by atoms with Gasteiger partial charge in [-0.25, -0.2) is 0 Å². The lowest BCUT2D eigenvalue weighted by molar-refractivity contribution is -0.134. The summed E-state index contributed by atoms with van der Waals surface area (Å²) in [6.45, 7) is 10.6. The molecule has 2 aliphatic heterocycles. The van der Waals surface area contributed by atoms with Gasteiger partial charge in [-0.1, -0.05) is 18.6 Å². The van der Waals surface area contributed by atoms with Gasteiger partial charge >= 0.3 is 0 Å². The van der Waals surface area contributed by atoms with Crippen LogP contribution in [0.25, 0.3) is 0 Å². The molecule has 5 heteroatoms. The number of nitrogens with one attached hydrogen (secondary N) is 1. The number of piperidine rings is 1. The van der Waals surface area contributed by atoms with Gasteiger partial charge in [-0.2, -0.15) is 0 Å². The molecule has 23 heavy (non-hydrogen) atoms. The van der Waals surface area contributed by atoms with Crippen LogP contribution in [-0.2, 0) is 9.59 Å². The average molecular weight is 321 g/mol. The number of hydrogen-bond acceptors (Lipinski definition) is 3. The van der Waals surface area contributed by atoms with E-state index in [9.17, 15) is 9.59 Å². The molecule has 0 bridgehead atoms. The molecule has 1 saturated heterocycles. The first-order valence-electron chi connectivity index (χ1n) is 8.95. The summed E-state index contributed by atoms with van der Waals surface area (Å²) in [5, 5.41) is 3.17. The Morgan fingerprint density at radius 1 is 1.30 bits per heavy atom. The Hall–Kier alpha value is -1.36. The zero-order valence-electron chi connectivity index (χ0n) is 14.8. The van der Waals surface area contributed by atoms with Gasteiger partial charge in [0, 0.05) is 45.1 Å². The van der Waals surface area contributed by atoms with Gasteiger partial charge in [0.1, 0.15) is 0 Å². The molecule has 2 heterocycles. The largest absolute Gasteiger partial charge is 0.353 e. The monoisotopic (exact) mass is 321 g/mol. The van der Waals surface area contributed by atoms with Crippen LogP contribution in [0.15, 0.2) is 11.6 Å². The molecule has 1 fully saturated rings. The van der Waals surface area contributed by atoms with Crippen LogP contribution < -0.4 is 5.32 Å². The van der Waals surface area contributed by atoms with Crippen LogP contribution in [0.1, 0.15) is 46.5 Å². The van der Waals surface area contributed by atoms with E-state index in [0.717, 1.165) is 45.3 Å². The van der Waals surface area contributed by atoms with Crippen molar-refractivity contribution in [2.75, 3.05) is 32.7 Å². The molecular formula is C18H31N3O2. The lowest BCUT2D eigenvalue weighted by Gasteiger charge is -2.31. The second-order valence-corrected chi connectivity index (χ2v) is 6.90. The van der Waals surface area contributed by atoms with Gasteiger partial charge in [-0.3, -0.25) is 14.5 Å². The molecule has 2 aliphatic rings. The molecule has 0 aromatic rings. The predicted octanol–water partition coefficient (Wildman–Crippen LogP) is 1.79. The first kappa shape index (κ1) is 18.0. The molecule has 2 rings (SSSR count). The standard InChI is InChI=1S/C18H31N3O2/c1-4-20-9-5-16(6-10-20)13-14(2)19-18(23)17-7-11-21(12-8-17)15(3)22/h5,14,17H,4,6-13H2,1-3H3,(H,19,23). The summed E-state index contributed by atoms with van der Waals surface area (Å²) in [6, 6.07) is 0.188. The van der Waals surface area contributed by atoms with Gasteiger partial charge in [0.15, 0.2) is 0 Å².